The van der Waals surface area contributed by atoms with Gasteiger partial charge in [-0.25, -0.2) is 14.5 Å². The van der Waals surface area contributed by atoms with Crippen LogP contribution in [-0.2, 0) is 20.9 Å². The summed E-state index contributed by atoms with van der Waals surface area (Å²) in [7, 11) is 0. The molecule has 0 aliphatic carbocycles. The molecule has 1 atom stereocenters. The van der Waals surface area contributed by atoms with Crippen molar-refractivity contribution in [3.05, 3.63) is 12.7 Å². The Balaban J connectivity index is 2.63. The Labute approximate surface area is 118 Å². The van der Waals surface area contributed by atoms with E-state index in [4.69, 9.17) is 4.74 Å². The van der Waals surface area contributed by atoms with Crippen LogP contribution in [0.2, 0.25) is 0 Å². The highest BCUT2D eigenvalue weighted by atomic mass is 16.6. The van der Waals surface area contributed by atoms with Gasteiger partial charge in [-0.1, -0.05) is 13.8 Å². The first-order valence-electron chi connectivity index (χ1n) is 6.53. The van der Waals surface area contributed by atoms with Crippen molar-refractivity contribution < 1.29 is 14.3 Å². The lowest BCUT2D eigenvalue weighted by Crippen LogP contribution is -2.48. The van der Waals surface area contributed by atoms with E-state index in [2.05, 4.69) is 15.4 Å². The zero-order chi connectivity index (χ0) is 15.3. The van der Waals surface area contributed by atoms with Crippen LogP contribution in [0, 0.1) is 5.92 Å². The molecule has 0 aliphatic rings. The summed E-state index contributed by atoms with van der Waals surface area (Å²) < 4.78 is 6.70. The van der Waals surface area contributed by atoms with Crippen molar-refractivity contribution in [1.82, 2.24) is 20.1 Å². The monoisotopic (exact) mass is 282 g/mol. The van der Waals surface area contributed by atoms with Gasteiger partial charge in [-0.05, 0) is 26.7 Å². The number of esters is 1. The minimum absolute atomic E-state index is 0.0199. The van der Waals surface area contributed by atoms with Crippen molar-refractivity contribution in [3.8, 4) is 0 Å². The maximum atomic E-state index is 12.1. The zero-order valence-electron chi connectivity index (χ0n) is 12.6. The highest BCUT2D eigenvalue weighted by Gasteiger charge is 2.29. The molecule has 0 aliphatic heterocycles. The van der Waals surface area contributed by atoms with E-state index in [1.54, 1.807) is 20.8 Å². The largest absolute Gasteiger partial charge is 0.458 e. The second kappa shape index (κ2) is 6.49. The number of amides is 1. The van der Waals surface area contributed by atoms with Gasteiger partial charge in [0.1, 0.15) is 30.8 Å². The van der Waals surface area contributed by atoms with E-state index in [0.29, 0.717) is 0 Å². The summed E-state index contributed by atoms with van der Waals surface area (Å²) in [5, 5.41) is 6.52. The Hall–Kier alpha value is -1.92. The molecule has 0 saturated heterocycles. The van der Waals surface area contributed by atoms with E-state index >= 15 is 0 Å². The molecule has 1 aromatic rings. The average molecular weight is 282 g/mol. The van der Waals surface area contributed by atoms with Crippen LogP contribution < -0.4 is 5.32 Å². The standard InChI is InChI=1S/C13H22N4O3/c1-9(2)11(12(19)20-13(3,4)5)16-10(18)6-17-8-14-7-15-17/h7-9,11H,6H2,1-5H3,(H,16,18)/t11-/m0/s1. The lowest BCUT2D eigenvalue weighted by Gasteiger charge is -2.26. The summed E-state index contributed by atoms with van der Waals surface area (Å²) >= 11 is 0. The molecule has 1 heterocycles. The molecule has 7 nitrogen and oxygen atoms in total. The third-order valence-electron chi connectivity index (χ3n) is 2.42. The smallest absolute Gasteiger partial charge is 0.329 e. The minimum atomic E-state index is -0.676. The predicted molar refractivity (Wildman–Crippen MR) is 72.6 cm³/mol. The van der Waals surface area contributed by atoms with Crippen molar-refractivity contribution in [1.29, 1.82) is 0 Å². The number of carbonyl (C=O) groups excluding carboxylic acids is 2. The van der Waals surface area contributed by atoms with Crippen LogP contribution in [0.3, 0.4) is 0 Å². The second-order valence-corrected chi connectivity index (χ2v) is 5.92. The molecule has 112 valence electrons. The highest BCUT2D eigenvalue weighted by molar-refractivity contribution is 5.84. The Bertz CT molecular complexity index is 449. The molecule has 20 heavy (non-hydrogen) atoms. The predicted octanol–water partition coefficient (Wildman–Crippen LogP) is 0.761. The first-order chi connectivity index (χ1) is 9.19. The molecule has 0 bridgehead atoms. The summed E-state index contributed by atoms with van der Waals surface area (Å²) in [4.78, 5) is 27.7. The third-order valence-corrected chi connectivity index (χ3v) is 2.42. The molecule has 7 heteroatoms. The van der Waals surface area contributed by atoms with Crippen LogP contribution in [0.25, 0.3) is 0 Å². The van der Waals surface area contributed by atoms with E-state index in [1.807, 2.05) is 13.8 Å². The van der Waals surface area contributed by atoms with E-state index in [1.165, 1.54) is 17.3 Å². The number of nitrogens with one attached hydrogen (secondary N) is 1. The SMILES string of the molecule is CC(C)[C@H](NC(=O)Cn1cncn1)C(=O)OC(C)(C)C. The van der Waals surface area contributed by atoms with Crippen molar-refractivity contribution in [2.75, 3.05) is 0 Å². The minimum Gasteiger partial charge on any atom is -0.458 e. The van der Waals surface area contributed by atoms with Crippen molar-refractivity contribution in [2.24, 2.45) is 5.92 Å². The quantitative estimate of drug-likeness (QED) is 0.806. The lowest BCUT2D eigenvalue weighted by molar-refractivity contribution is -0.160. The van der Waals surface area contributed by atoms with E-state index < -0.39 is 17.6 Å². The van der Waals surface area contributed by atoms with Crippen molar-refractivity contribution in [3.63, 3.8) is 0 Å². The fourth-order valence-corrected chi connectivity index (χ4v) is 1.54. The third kappa shape index (κ3) is 5.38. The molecule has 0 aromatic carbocycles. The maximum Gasteiger partial charge on any atom is 0.329 e. The molecule has 0 saturated carbocycles. The topological polar surface area (TPSA) is 86.1 Å². The number of hydrogen-bond donors (Lipinski definition) is 1. The Kier molecular flexibility index (Phi) is 5.24. The summed E-state index contributed by atoms with van der Waals surface area (Å²) in [6.07, 6.45) is 2.79. The van der Waals surface area contributed by atoms with Gasteiger partial charge >= 0.3 is 5.97 Å². The van der Waals surface area contributed by atoms with Gasteiger partial charge in [-0.2, -0.15) is 5.10 Å². The molecular weight excluding hydrogens is 260 g/mol. The summed E-state index contributed by atoms with van der Waals surface area (Å²) in [6, 6.07) is -0.676. The number of aromatic nitrogens is 3. The van der Waals surface area contributed by atoms with Gasteiger partial charge in [-0.3, -0.25) is 4.79 Å². The molecule has 0 fully saturated rings. The summed E-state index contributed by atoms with van der Waals surface area (Å²) in [5.41, 5.74) is -0.582. The van der Waals surface area contributed by atoms with Crippen LogP contribution >= 0.6 is 0 Å². The van der Waals surface area contributed by atoms with E-state index in [-0.39, 0.29) is 18.4 Å². The molecule has 0 radical (unpaired) electrons. The van der Waals surface area contributed by atoms with Gasteiger partial charge in [0.25, 0.3) is 0 Å². The zero-order valence-corrected chi connectivity index (χ0v) is 12.6. The molecule has 1 rings (SSSR count). The Morgan fingerprint density at radius 1 is 1.35 bits per heavy atom. The van der Waals surface area contributed by atoms with Gasteiger partial charge in [0.2, 0.25) is 5.91 Å². The van der Waals surface area contributed by atoms with Crippen LogP contribution in [0.4, 0.5) is 0 Å². The molecule has 0 unspecified atom stereocenters. The molecular formula is C13H22N4O3. The van der Waals surface area contributed by atoms with Crippen LogP contribution in [-0.4, -0.2) is 38.3 Å². The summed E-state index contributed by atoms with van der Waals surface area (Å²) in [5.74, 6) is -0.802. The lowest BCUT2D eigenvalue weighted by atomic mass is 10.0. The Morgan fingerprint density at radius 3 is 2.45 bits per heavy atom. The normalized spacial score (nSPS) is 13.1. The number of ether oxygens (including phenoxy) is 1. The number of nitrogens with zero attached hydrogens (tertiary/aromatic N) is 3. The molecule has 0 spiro atoms. The van der Waals surface area contributed by atoms with Crippen LogP contribution in [0.15, 0.2) is 12.7 Å². The Morgan fingerprint density at radius 2 is 2.00 bits per heavy atom. The van der Waals surface area contributed by atoms with Gasteiger partial charge < -0.3 is 10.1 Å². The van der Waals surface area contributed by atoms with Crippen molar-refractivity contribution in [2.45, 2.75) is 52.8 Å². The highest BCUT2D eigenvalue weighted by Crippen LogP contribution is 2.12. The van der Waals surface area contributed by atoms with Crippen LogP contribution in [0.1, 0.15) is 34.6 Å². The average Bonchev–Trinajstić information content (AvgIpc) is 2.75. The molecule has 1 N–H and O–H groups in total. The van der Waals surface area contributed by atoms with Gasteiger partial charge in [0.15, 0.2) is 0 Å². The molecule has 1 aromatic heterocycles. The fourth-order valence-electron chi connectivity index (χ4n) is 1.54. The summed E-state index contributed by atoms with van der Waals surface area (Å²) in [6.45, 7) is 9.10. The first-order valence-corrected chi connectivity index (χ1v) is 6.53. The fraction of sp³-hybridized carbons (Fsp3) is 0.692. The van der Waals surface area contributed by atoms with Gasteiger partial charge in [0, 0.05) is 0 Å². The molecule has 1 amide bonds. The van der Waals surface area contributed by atoms with Crippen molar-refractivity contribution >= 4 is 11.9 Å². The van der Waals surface area contributed by atoms with E-state index in [9.17, 15) is 9.59 Å². The maximum absolute atomic E-state index is 12.1. The van der Waals surface area contributed by atoms with E-state index in [0.717, 1.165) is 0 Å². The van der Waals surface area contributed by atoms with Crippen LogP contribution in [0.5, 0.6) is 0 Å². The van der Waals surface area contributed by atoms with Gasteiger partial charge in [0.05, 0.1) is 0 Å². The number of rotatable bonds is 5. The first kappa shape index (κ1) is 16.1. The van der Waals surface area contributed by atoms with Gasteiger partial charge in [-0.15, -0.1) is 0 Å². The number of hydrogen-bond acceptors (Lipinski definition) is 5. The number of carbonyl (C=O) groups is 2. The second-order valence-electron chi connectivity index (χ2n) is 5.92.